The molecule has 0 saturated heterocycles. The van der Waals surface area contributed by atoms with Gasteiger partial charge in [-0.3, -0.25) is 4.79 Å². The summed E-state index contributed by atoms with van der Waals surface area (Å²) in [7, 11) is 0. The van der Waals surface area contributed by atoms with Crippen molar-refractivity contribution in [2.75, 3.05) is 0 Å². The molecule has 2 nitrogen and oxygen atoms in total. The highest BCUT2D eigenvalue weighted by Gasteiger charge is 2.10. The van der Waals surface area contributed by atoms with Gasteiger partial charge in [0.1, 0.15) is 5.75 Å². The van der Waals surface area contributed by atoms with Gasteiger partial charge in [-0.15, -0.1) is 0 Å². The van der Waals surface area contributed by atoms with Gasteiger partial charge in [-0.05, 0) is 62.2 Å². The summed E-state index contributed by atoms with van der Waals surface area (Å²) in [5.41, 5.74) is 2.36. The molecule has 0 fully saturated rings. The molecule has 0 aliphatic rings. The van der Waals surface area contributed by atoms with E-state index in [1.165, 1.54) is 19.1 Å². The number of benzene rings is 2. The van der Waals surface area contributed by atoms with Gasteiger partial charge in [-0.25, -0.2) is 4.39 Å². The van der Waals surface area contributed by atoms with E-state index in [0.29, 0.717) is 11.3 Å². The first-order chi connectivity index (χ1) is 9.38. The van der Waals surface area contributed by atoms with Crippen molar-refractivity contribution in [3.63, 3.8) is 0 Å². The number of rotatable bonds is 3. The minimum Gasteiger partial charge on any atom is -0.454 e. The van der Waals surface area contributed by atoms with Crippen molar-refractivity contribution in [2.45, 2.75) is 20.8 Å². The summed E-state index contributed by atoms with van der Waals surface area (Å²) in [5, 5.41) is 0. The lowest BCUT2D eigenvalue weighted by Crippen LogP contribution is -1.96. The van der Waals surface area contributed by atoms with Crippen LogP contribution in [0, 0.1) is 19.7 Å². The van der Waals surface area contributed by atoms with Crippen LogP contribution in [0.1, 0.15) is 28.4 Å². The van der Waals surface area contributed by atoms with Gasteiger partial charge in [-0.2, -0.15) is 0 Å². The van der Waals surface area contributed by atoms with Gasteiger partial charge < -0.3 is 4.74 Å². The Hall–Kier alpha value is -1.68. The molecule has 4 heteroatoms. The van der Waals surface area contributed by atoms with Gasteiger partial charge in [0, 0.05) is 10.0 Å². The lowest BCUT2D eigenvalue weighted by molar-refractivity contribution is 0.101. The molecule has 20 heavy (non-hydrogen) atoms. The van der Waals surface area contributed by atoms with E-state index in [4.69, 9.17) is 4.74 Å². The molecule has 104 valence electrons. The SMILES string of the molecule is CC(=O)c1ccc(Oc2cc(C)c(Br)c(C)c2)c(F)c1. The first kappa shape index (κ1) is 14.7. The van der Waals surface area contributed by atoms with Crippen molar-refractivity contribution in [1.82, 2.24) is 0 Å². The third kappa shape index (κ3) is 3.07. The number of carbonyl (C=O) groups excluding carboxylic acids is 1. The molecule has 2 rings (SSSR count). The maximum Gasteiger partial charge on any atom is 0.166 e. The van der Waals surface area contributed by atoms with E-state index in [0.717, 1.165) is 15.6 Å². The third-order valence-corrected chi connectivity index (χ3v) is 4.23. The van der Waals surface area contributed by atoms with E-state index in [9.17, 15) is 9.18 Å². The average molecular weight is 337 g/mol. The zero-order valence-corrected chi connectivity index (χ0v) is 13.0. The van der Waals surface area contributed by atoms with Crippen LogP contribution in [0.5, 0.6) is 11.5 Å². The van der Waals surface area contributed by atoms with Crippen molar-refractivity contribution in [3.05, 3.63) is 57.3 Å². The Morgan fingerprint density at radius 2 is 1.75 bits per heavy atom. The van der Waals surface area contributed by atoms with E-state index in [2.05, 4.69) is 15.9 Å². The predicted octanol–water partition coefficient (Wildman–Crippen LogP) is 5.20. The second kappa shape index (κ2) is 5.75. The summed E-state index contributed by atoms with van der Waals surface area (Å²) in [6, 6.07) is 7.87. The molecule has 2 aromatic carbocycles. The Labute approximate surface area is 125 Å². The van der Waals surface area contributed by atoms with Crippen LogP contribution >= 0.6 is 15.9 Å². The Bertz CT molecular complexity index is 657. The third-order valence-electron chi connectivity index (χ3n) is 2.98. The molecule has 0 heterocycles. The molecule has 0 amide bonds. The number of hydrogen-bond donors (Lipinski definition) is 0. The summed E-state index contributed by atoms with van der Waals surface area (Å²) in [6.07, 6.45) is 0. The minimum atomic E-state index is -0.545. The lowest BCUT2D eigenvalue weighted by Gasteiger charge is -2.11. The van der Waals surface area contributed by atoms with Crippen molar-refractivity contribution >= 4 is 21.7 Å². The summed E-state index contributed by atoms with van der Waals surface area (Å²) < 4.78 is 20.5. The van der Waals surface area contributed by atoms with Gasteiger partial charge in [0.05, 0.1) is 0 Å². The van der Waals surface area contributed by atoms with Crippen molar-refractivity contribution < 1.29 is 13.9 Å². The van der Waals surface area contributed by atoms with Crippen molar-refractivity contribution in [3.8, 4) is 11.5 Å². The van der Waals surface area contributed by atoms with Gasteiger partial charge in [0.15, 0.2) is 17.3 Å². The number of ether oxygens (including phenoxy) is 1. The molecular weight excluding hydrogens is 323 g/mol. The smallest absolute Gasteiger partial charge is 0.166 e. The highest BCUT2D eigenvalue weighted by atomic mass is 79.9. The van der Waals surface area contributed by atoms with Crippen LogP contribution in [-0.2, 0) is 0 Å². The van der Waals surface area contributed by atoms with Crippen LogP contribution in [0.2, 0.25) is 0 Å². The quantitative estimate of drug-likeness (QED) is 0.720. The molecule has 0 saturated carbocycles. The van der Waals surface area contributed by atoms with Gasteiger partial charge in [-0.1, -0.05) is 15.9 Å². The first-order valence-corrected chi connectivity index (χ1v) is 6.93. The van der Waals surface area contributed by atoms with Crippen LogP contribution < -0.4 is 4.74 Å². The van der Waals surface area contributed by atoms with Crippen LogP contribution in [0.25, 0.3) is 0 Å². The number of halogens is 2. The Morgan fingerprint density at radius 3 is 2.25 bits per heavy atom. The maximum atomic E-state index is 13.9. The van der Waals surface area contributed by atoms with Crippen LogP contribution in [-0.4, -0.2) is 5.78 Å². The fourth-order valence-electron chi connectivity index (χ4n) is 1.89. The van der Waals surface area contributed by atoms with E-state index in [1.807, 2.05) is 26.0 Å². The molecule has 0 spiro atoms. The molecular formula is C16H14BrFO2. The zero-order chi connectivity index (χ0) is 14.9. The molecule has 0 aromatic heterocycles. The van der Waals surface area contributed by atoms with E-state index in [-0.39, 0.29) is 11.5 Å². The molecule has 0 aliphatic carbocycles. The second-order valence-corrected chi connectivity index (χ2v) is 5.47. The highest BCUT2D eigenvalue weighted by Crippen LogP contribution is 2.30. The predicted molar refractivity (Wildman–Crippen MR) is 80.1 cm³/mol. The fraction of sp³-hybridized carbons (Fsp3) is 0.188. The molecule has 0 unspecified atom stereocenters. The molecule has 2 aromatic rings. The van der Waals surface area contributed by atoms with Gasteiger partial charge in [0.2, 0.25) is 0 Å². The summed E-state index contributed by atoms with van der Waals surface area (Å²) in [4.78, 5) is 11.2. The number of carbonyl (C=O) groups is 1. The standard InChI is InChI=1S/C16H14BrFO2/c1-9-6-13(7-10(2)16(9)17)20-15-5-4-12(11(3)19)8-14(15)18/h4-8H,1-3H3. The van der Waals surface area contributed by atoms with Crippen molar-refractivity contribution in [1.29, 1.82) is 0 Å². The Balaban J connectivity index is 2.33. The average Bonchev–Trinajstić information content (AvgIpc) is 2.38. The molecule has 0 bridgehead atoms. The minimum absolute atomic E-state index is 0.108. The van der Waals surface area contributed by atoms with E-state index in [1.54, 1.807) is 6.07 Å². The molecule has 0 aliphatic heterocycles. The molecule has 0 atom stereocenters. The normalized spacial score (nSPS) is 10.4. The Kier molecular flexibility index (Phi) is 4.23. The topological polar surface area (TPSA) is 26.3 Å². The maximum absolute atomic E-state index is 13.9. The summed E-state index contributed by atoms with van der Waals surface area (Å²) in [5.74, 6) is -0.0458. The number of Topliss-reactive ketones (excluding diaryl/α,β-unsaturated/α-hetero) is 1. The number of hydrogen-bond acceptors (Lipinski definition) is 2. The number of ketones is 1. The summed E-state index contributed by atoms with van der Waals surface area (Å²) in [6.45, 7) is 5.29. The lowest BCUT2D eigenvalue weighted by atomic mass is 10.1. The van der Waals surface area contributed by atoms with Crippen molar-refractivity contribution in [2.24, 2.45) is 0 Å². The van der Waals surface area contributed by atoms with Crippen LogP contribution in [0.4, 0.5) is 4.39 Å². The highest BCUT2D eigenvalue weighted by molar-refractivity contribution is 9.10. The fourth-order valence-corrected chi connectivity index (χ4v) is 2.12. The Morgan fingerprint density at radius 1 is 1.15 bits per heavy atom. The zero-order valence-electron chi connectivity index (χ0n) is 11.5. The molecule has 0 radical (unpaired) electrons. The number of aryl methyl sites for hydroxylation is 2. The van der Waals surface area contributed by atoms with Crippen LogP contribution in [0.3, 0.4) is 0 Å². The molecule has 0 N–H and O–H groups in total. The van der Waals surface area contributed by atoms with E-state index >= 15 is 0 Å². The van der Waals surface area contributed by atoms with Gasteiger partial charge in [0.25, 0.3) is 0 Å². The second-order valence-electron chi connectivity index (χ2n) is 4.67. The van der Waals surface area contributed by atoms with E-state index < -0.39 is 5.82 Å². The van der Waals surface area contributed by atoms with Gasteiger partial charge >= 0.3 is 0 Å². The summed E-state index contributed by atoms with van der Waals surface area (Å²) >= 11 is 3.47. The monoisotopic (exact) mass is 336 g/mol. The largest absolute Gasteiger partial charge is 0.454 e. The van der Waals surface area contributed by atoms with Crippen LogP contribution in [0.15, 0.2) is 34.8 Å². The first-order valence-electron chi connectivity index (χ1n) is 6.13.